The summed E-state index contributed by atoms with van der Waals surface area (Å²) < 4.78 is 0. The lowest BCUT2D eigenvalue weighted by molar-refractivity contribution is 0.290. The molecule has 3 aliphatic carbocycles. The monoisotopic (exact) mass is 190 g/mol. The van der Waals surface area contributed by atoms with Crippen LogP contribution < -0.4 is 0 Å². The molecule has 2 fully saturated rings. The number of allylic oxidation sites excluding steroid dienone is 2. The van der Waals surface area contributed by atoms with E-state index in [-0.39, 0.29) is 0 Å². The Morgan fingerprint density at radius 2 is 2.07 bits per heavy atom. The number of hydrogen-bond acceptors (Lipinski definition) is 0. The molecule has 0 amide bonds. The van der Waals surface area contributed by atoms with Crippen molar-refractivity contribution >= 4 is 0 Å². The molecule has 78 valence electrons. The normalized spacial score (nSPS) is 48.9. The molecule has 3 aliphatic rings. The highest BCUT2D eigenvalue weighted by atomic mass is 14.8. The van der Waals surface area contributed by atoms with E-state index in [0.29, 0.717) is 10.8 Å². The van der Waals surface area contributed by atoms with Crippen LogP contribution in [0.5, 0.6) is 0 Å². The van der Waals surface area contributed by atoms with E-state index >= 15 is 0 Å². The van der Waals surface area contributed by atoms with Crippen molar-refractivity contribution in [2.45, 2.75) is 52.9 Å². The Morgan fingerprint density at radius 3 is 2.86 bits per heavy atom. The summed E-state index contributed by atoms with van der Waals surface area (Å²) in [7, 11) is 0. The molecule has 0 aliphatic heterocycles. The molecule has 3 unspecified atom stereocenters. The minimum Gasteiger partial charge on any atom is -0.0847 e. The van der Waals surface area contributed by atoms with Gasteiger partial charge in [-0.05, 0) is 54.8 Å². The fourth-order valence-electron chi connectivity index (χ4n) is 4.69. The number of rotatable bonds is 0. The Labute approximate surface area is 87.8 Å². The minimum atomic E-state index is 0.634. The molecule has 14 heavy (non-hydrogen) atoms. The molecule has 0 heteroatoms. The van der Waals surface area contributed by atoms with Crippen molar-refractivity contribution in [2.75, 3.05) is 0 Å². The van der Waals surface area contributed by atoms with Gasteiger partial charge in [0, 0.05) is 0 Å². The second-order valence-corrected chi connectivity index (χ2v) is 6.40. The lowest BCUT2D eigenvalue weighted by Gasteiger charge is -2.34. The summed E-state index contributed by atoms with van der Waals surface area (Å²) in [5.41, 5.74) is 3.16. The third kappa shape index (κ3) is 0.816. The fourth-order valence-corrected chi connectivity index (χ4v) is 4.69. The predicted octanol–water partition coefficient (Wildman–Crippen LogP) is 4.17. The van der Waals surface area contributed by atoms with Crippen LogP contribution in [0.25, 0.3) is 0 Å². The minimum absolute atomic E-state index is 0.634. The maximum Gasteiger partial charge on any atom is -0.00000976 e. The highest BCUT2D eigenvalue weighted by Crippen LogP contribution is 2.79. The van der Waals surface area contributed by atoms with E-state index in [1.165, 1.54) is 32.1 Å². The van der Waals surface area contributed by atoms with Crippen molar-refractivity contribution in [3.63, 3.8) is 0 Å². The topological polar surface area (TPSA) is 0 Å². The molecule has 0 saturated heterocycles. The summed E-state index contributed by atoms with van der Waals surface area (Å²) in [5, 5.41) is 0. The Bertz CT molecular complexity index is 297. The molecule has 3 atom stereocenters. The van der Waals surface area contributed by atoms with Crippen LogP contribution in [-0.2, 0) is 0 Å². The molecule has 1 spiro atoms. The summed E-state index contributed by atoms with van der Waals surface area (Å²) in [6.45, 7) is 7.44. The molecule has 2 saturated carbocycles. The van der Waals surface area contributed by atoms with Crippen molar-refractivity contribution < 1.29 is 0 Å². The quantitative estimate of drug-likeness (QED) is 0.503. The van der Waals surface area contributed by atoms with Gasteiger partial charge in [-0.15, -0.1) is 0 Å². The second kappa shape index (κ2) is 2.46. The van der Waals surface area contributed by atoms with Crippen LogP contribution in [0.4, 0.5) is 0 Å². The Kier molecular flexibility index (Phi) is 1.58. The summed E-state index contributed by atoms with van der Waals surface area (Å²) >= 11 is 0. The first-order valence-electron chi connectivity index (χ1n) is 6.28. The predicted molar refractivity (Wildman–Crippen MR) is 60.0 cm³/mol. The van der Waals surface area contributed by atoms with Crippen molar-refractivity contribution in [1.29, 1.82) is 0 Å². The van der Waals surface area contributed by atoms with Gasteiger partial charge in [-0.25, -0.2) is 0 Å². The van der Waals surface area contributed by atoms with Crippen LogP contribution in [0.1, 0.15) is 52.9 Å². The molecular formula is C14H22. The smallest absolute Gasteiger partial charge is 0.00000976 e. The lowest BCUT2D eigenvalue weighted by Crippen LogP contribution is -2.23. The lowest BCUT2D eigenvalue weighted by atomic mass is 9.70. The van der Waals surface area contributed by atoms with Gasteiger partial charge in [-0.2, -0.15) is 0 Å². The molecule has 0 aromatic rings. The SMILES string of the molecule is CC1CCC23C(=CCCC2C3(C)C)C1. The van der Waals surface area contributed by atoms with Gasteiger partial charge in [0.25, 0.3) is 0 Å². The molecule has 0 radical (unpaired) electrons. The van der Waals surface area contributed by atoms with Gasteiger partial charge in [-0.3, -0.25) is 0 Å². The Balaban J connectivity index is 1.99. The Hall–Kier alpha value is -0.260. The summed E-state index contributed by atoms with van der Waals surface area (Å²) in [4.78, 5) is 0. The van der Waals surface area contributed by atoms with Gasteiger partial charge in [0.1, 0.15) is 0 Å². The van der Waals surface area contributed by atoms with Crippen LogP contribution in [0.3, 0.4) is 0 Å². The van der Waals surface area contributed by atoms with E-state index in [4.69, 9.17) is 0 Å². The third-order valence-electron chi connectivity index (χ3n) is 5.55. The average Bonchev–Trinajstić information content (AvgIpc) is 2.63. The zero-order chi connectivity index (χ0) is 9.97. The van der Waals surface area contributed by atoms with Gasteiger partial charge in [0.2, 0.25) is 0 Å². The molecule has 0 bridgehead atoms. The number of hydrogen-bond donors (Lipinski definition) is 0. The van der Waals surface area contributed by atoms with Gasteiger partial charge in [0.15, 0.2) is 0 Å². The first kappa shape index (κ1) is 9.00. The molecule has 0 aromatic heterocycles. The van der Waals surface area contributed by atoms with Crippen LogP contribution >= 0.6 is 0 Å². The first-order valence-corrected chi connectivity index (χ1v) is 6.28. The second-order valence-electron chi connectivity index (χ2n) is 6.40. The average molecular weight is 190 g/mol. The van der Waals surface area contributed by atoms with E-state index in [2.05, 4.69) is 26.8 Å². The summed E-state index contributed by atoms with van der Waals surface area (Å²) in [6, 6.07) is 0. The van der Waals surface area contributed by atoms with E-state index in [1.54, 1.807) is 0 Å². The van der Waals surface area contributed by atoms with E-state index in [1.807, 2.05) is 5.57 Å². The van der Waals surface area contributed by atoms with Crippen LogP contribution in [-0.4, -0.2) is 0 Å². The molecule has 0 heterocycles. The van der Waals surface area contributed by atoms with Gasteiger partial charge >= 0.3 is 0 Å². The molecular weight excluding hydrogens is 168 g/mol. The van der Waals surface area contributed by atoms with E-state index < -0.39 is 0 Å². The van der Waals surface area contributed by atoms with E-state index in [0.717, 1.165) is 11.8 Å². The largest absolute Gasteiger partial charge is 0.0847 e. The van der Waals surface area contributed by atoms with Gasteiger partial charge < -0.3 is 0 Å². The molecule has 0 N–H and O–H groups in total. The van der Waals surface area contributed by atoms with Crippen LogP contribution in [0, 0.1) is 22.7 Å². The maximum atomic E-state index is 2.58. The van der Waals surface area contributed by atoms with Crippen molar-refractivity contribution in [2.24, 2.45) is 22.7 Å². The highest BCUT2D eigenvalue weighted by molar-refractivity contribution is 5.37. The summed E-state index contributed by atoms with van der Waals surface area (Å²) in [6.07, 6.45) is 9.76. The molecule has 0 nitrogen and oxygen atoms in total. The molecule has 3 rings (SSSR count). The first-order chi connectivity index (χ1) is 6.59. The van der Waals surface area contributed by atoms with Crippen molar-refractivity contribution in [3.05, 3.63) is 11.6 Å². The van der Waals surface area contributed by atoms with E-state index in [9.17, 15) is 0 Å². The van der Waals surface area contributed by atoms with Gasteiger partial charge in [-0.1, -0.05) is 32.4 Å². The highest BCUT2D eigenvalue weighted by Gasteiger charge is 2.72. The van der Waals surface area contributed by atoms with Crippen molar-refractivity contribution in [1.82, 2.24) is 0 Å². The standard InChI is InChI=1S/C14H22/c1-10-7-8-14-11(9-10)5-4-6-12(14)13(14,2)3/h5,10,12H,4,6-9H2,1-3H3. The van der Waals surface area contributed by atoms with Crippen LogP contribution in [0.2, 0.25) is 0 Å². The fraction of sp³-hybridized carbons (Fsp3) is 0.857. The zero-order valence-electron chi connectivity index (χ0n) is 9.77. The van der Waals surface area contributed by atoms with Gasteiger partial charge in [0.05, 0.1) is 0 Å². The Morgan fingerprint density at radius 1 is 1.29 bits per heavy atom. The van der Waals surface area contributed by atoms with Crippen LogP contribution in [0.15, 0.2) is 11.6 Å². The van der Waals surface area contributed by atoms with Crippen molar-refractivity contribution in [3.8, 4) is 0 Å². The summed E-state index contributed by atoms with van der Waals surface area (Å²) in [5.74, 6) is 1.98. The molecule has 0 aromatic carbocycles. The maximum absolute atomic E-state index is 2.58. The third-order valence-corrected chi connectivity index (χ3v) is 5.55. The zero-order valence-corrected chi connectivity index (χ0v) is 9.77.